The fraction of sp³-hybridized carbons (Fsp3) is 0.500. The van der Waals surface area contributed by atoms with E-state index in [0.717, 1.165) is 11.3 Å². The van der Waals surface area contributed by atoms with Crippen molar-refractivity contribution in [3.05, 3.63) is 33.8 Å². The molecule has 5 heteroatoms. The second-order valence-corrected chi connectivity index (χ2v) is 6.09. The summed E-state index contributed by atoms with van der Waals surface area (Å²) in [5.74, 6) is 1.43. The molecular formula is C12H17Cl2NOS. The van der Waals surface area contributed by atoms with Gasteiger partial charge in [0.15, 0.2) is 0 Å². The lowest BCUT2D eigenvalue weighted by atomic mass is 10.1. The van der Waals surface area contributed by atoms with Crippen LogP contribution in [0.1, 0.15) is 12.5 Å². The van der Waals surface area contributed by atoms with Crippen LogP contribution in [-0.2, 0) is 5.75 Å². The predicted molar refractivity (Wildman–Crippen MR) is 77.2 cm³/mol. The highest BCUT2D eigenvalue weighted by atomic mass is 35.5. The van der Waals surface area contributed by atoms with Crippen LogP contribution < -0.4 is 5.32 Å². The van der Waals surface area contributed by atoms with Crippen molar-refractivity contribution >= 4 is 35.0 Å². The third-order valence-corrected chi connectivity index (χ3v) is 4.17. The Labute approximate surface area is 117 Å². The number of halogens is 2. The fourth-order valence-electron chi connectivity index (χ4n) is 1.45. The van der Waals surface area contributed by atoms with E-state index in [2.05, 4.69) is 5.32 Å². The van der Waals surface area contributed by atoms with Gasteiger partial charge in [0.05, 0.1) is 5.60 Å². The predicted octanol–water partition coefficient (Wildman–Crippen LogP) is 3.20. The van der Waals surface area contributed by atoms with E-state index in [1.165, 1.54) is 0 Å². The lowest BCUT2D eigenvalue weighted by Gasteiger charge is -2.22. The van der Waals surface area contributed by atoms with Gasteiger partial charge in [-0.05, 0) is 31.7 Å². The summed E-state index contributed by atoms with van der Waals surface area (Å²) in [4.78, 5) is 0. The first-order valence-electron chi connectivity index (χ1n) is 5.33. The van der Waals surface area contributed by atoms with Crippen molar-refractivity contribution in [2.24, 2.45) is 0 Å². The molecule has 2 nitrogen and oxygen atoms in total. The summed E-state index contributed by atoms with van der Waals surface area (Å²) in [6.07, 6.45) is 0. The molecule has 0 heterocycles. The number of rotatable bonds is 6. The third kappa shape index (κ3) is 5.49. The molecule has 0 saturated carbocycles. The van der Waals surface area contributed by atoms with Gasteiger partial charge >= 0.3 is 0 Å². The quantitative estimate of drug-likeness (QED) is 0.845. The molecule has 0 aliphatic heterocycles. The molecule has 0 aliphatic rings. The number of likely N-dealkylation sites (N-methyl/N-ethyl adjacent to an activating group) is 1. The Balaban J connectivity index is 2.46. The van der Waals surface area contributed by atoms with Crippen molar-refractivity contribution < 1.29 is 5.11 Å². The minimum atomic E-state index is -0.696. The van der Waals surface area contributed by atoms with Crippen LogP contribution >= 0.6 is 35.0 Å². The van der Waals surface area contributed by atoms with Crippen LogP contribution in [0.5, 0.6) is 0 Å². The van der Waals surface area contributed by atoms with Gasteiger partial charge in [-0.15, -0.1) is 0 Å². The Hall–Kier alpha value is 0.0700. The Morgan fingerprint density at radius 1 is 1.41 bits per heavy atom. The van der Waals surface area contributed by atoms with E-state index < -0.39 is 5.60 Å². The van der Waals surface area contributed by atoms with Crippen molar-refractivity contribution in [3.63, 3.8) is 0 Å². The molecule has 1 aromatic carbocycles. The van der Waals surface area contributed by atoms with Crippen LogP contribution in [-0.4, -0.2) is 30.1 Å². The number of benzene rings is 1. The van der Waals surface area contributed by atoms with Gasteiger partial charge in [-0.2, -0.15) is 11.8 Å². The van der Waals surface area contributed by atoms with Gasteiger partial charge in [-0.1, -0.05) is 29.3 Å². The van der Waals surface area contributed by atoms with Gasteiger partial charge in [0.1, 0.15) is 0 Å². The number of thioether (sulfide) groups is 1. The van der Waals surface area contributed by atoms with E-state index in [-0.39, 0.29) is 0 Å². The first kappa shape index (κ1) is 15.1. The first-order chi connectivity index (χ1) is 7.94. The molecular weight excluding hydrogens is 277 g/mol. The largest absolute Gasteiger partial charge is 0.388 e. The van der Waals surface area contributed by atoms with Gasteiger partial charge in [-0.3, -0.25) is 0 Å². The van der Waals surface area contributed by atoms with Gasteiger partial charge in [0, 0.05) is 28.1 Å². The zero-order valence-electron chi connectivity index (χ0n) is 9.96. The Morgan fingerprint density at radius 2 is 2.12 bits per heavy atom. The summed E-state index contributed by atoms with van der Waals surface area (Å²) in [6.45, 7) is 2.40. The fourth-order valence-corrected chi connectivity index (χ4v) is 3.12. The smallest absolute Gasteiger partial charge is 0.0833 e. The highest BCUT2D eigenvalue weighted by molar-refractivity contribution is 7.98. The molecule has 1 unspecified atom stereocenters. The molecule has 17 heavy (non-hydrogen) atoms. The average Bonchev–Trinajstić information content (AvgIpc) is 2.21. The van der Waals surface area contributed by atoms with E-state index in [1.54, 1.807) is 17.8 Å². The van der Waals surface area contributed by atoms with Crippen molar-refractivity contribution in [2.75, 3.05) is 19.3 Å². The normalized spacial score (nSPS) is 14.6. The molecule has 0 amide bonds. The summed E-state index contributed by atoms with van der Waals surface area (Å²) in [5.41, 5.74) is 0.347. The molecule has 1 rings (SSSR count). The lowest BCUT2D eigenvalue weighted by molar-refractivity contribution is 0.0871. The molecule has 1 aromatic rings. The lowest BCUT2D eigenvalue weighted by Crippen LogP contribution is -2.38. The number of hydrogen-bond donors (Lipinski definition) is 2. The number of nitrogens with one attached hydrogen (secondary N) is 1. The van der Waals surface area contributed by atoms with Gasteiger partial charge in [0.25, 0.3) is 0 Å². The van der Waals surface area contributed by atoms with Gasteiger partial charge < -0.3 is 10.4 Å². The van der Waals surface area contributed by atoms with E-state index in [0.29, 0.717) is 22.3 Å². The van der Waals surface area contributed by atoms with Crippen LogP contribution in [0.4, 0.5) is 0 Å². The van der Waals surface area contributed by atoms with E-state index in [4.69, 9.17) is 23.2 Å². The molecule has 0 aromatic heterocycles. The second-order valence-electron chi connectivity index (χ2n) is 4.26. The monoisotopic (exact) mass is 293 g/mol. The average molecular weight is 294 g/mol. The minimum absolute atomic E-state index is 0.578. The van der Waals surface area contributed by atoms with Gasteiger partial charge in [0.2, 0.25) is 0 Å². The first-order valence-corrected chi connectivity index (χ1v) is 7.24. The second kappa shape index (κ2) is 6.86. The Kier molecular flexibility index (Phi) is 6.10. The zero-order chi connectivity index (χ0) is 12.9. The van der Waals surface area contributed by atoms with E-state index in [1.807, 2.05) is 26.1 Å². The molecule has 0 radical (unpaired) electrons. The third-order valence-electron chi connectivity index (χ3n) is 2.24. The summed E-state index contributed by atoms with van der Waals surface area (Å²) in [5, 5.41) is 14.3. The highest BCUT2D eigenvalue weighted by Crippen LogP contribution is 2.26. The summed E-state index contributed by atoms with van der Waals surface area (Å²) < 4.78 is 0. The SMILES string of the molecule is CNCC(C)(O)CSCc1ccc(Cl)cc1Cl. The van der Waals surface area contributed by atoms with Crippen LogP contribution in [0.15, 0.2) is 18.2 Å². The maximum absolute atomic E-state index is 9.97. The minimum Gasteiger partial charge on any atom is -0.388 e. The van der Waals surface area contributed by atoms with Crippen molar-refractivity contribution in [2.45, 2.75) is 18.3 Å². The molecule has 0 saturated heterocycles. The summed E-state index contributed by atoms with van der Waals surface area (Å²) in [7, 11) is 1.83. The standard InChI is InChI=1S/C12H17Cl2NOS/c1-12(16,7-15-2)8-17-6-9-3-4-10(13)5-11(9)14/h3-5,15-16H,6-8H2,1-2H3. The summed E-state index contributed by atoms with van der Waals surface area (Å²) >= 11 is 13.5. The molecule has 1 atom stereocenters. The van der Waals surface area contributed by atoms with Crippen molar-refractivity contribution in [1.82, 2.24) is 5.32 Å². The van der Waals surface area contributed by atoms with Crippen molar-refractivity contribution in [1.29, 1.82) is 0 Å². The van der Waals surface area contributed by atoms with Gasteiger partial charge in [-0.25, -0.2) is 0 Å². The molecule has 96 valence electrons. The number of aliphatic hydroxyl groups is 1. The van der Waals surface area contributed by atoms with Crippen LogP contribution in [0.3, 0.4) is 0 Å². The Bertz CT molecular complexity index is 372. The molecule has 0 spiro atoms. The summed E-state index contributed by atoms with van der Waals surface area (Å²) in [6, 6.07) is 5.49. The van der Waals surface area contributed by atoms with Crippen LogP contribution in [0, 0.1) is 0 Å². The van der Waals surface area contributed by atoms with E-state index >= 15 is 0 Å². The zero-order valence-corrected chi connectivity index (χ0v) is 12.3. The number of hydrogen-bond acceptors (Lipinski definition) is 3. The van der Waals surface area contributed by atoms with Crippen LogP contribution in [0.25, 0.3) is 0 Å². The molecule has 2 N–H and O–H groups in total. The maximum atomic E-state index is 9.97. The maximum Gasteiger partial charge on any atom is 0.0833 e. The molecule has 0 fully saturated rings. The molecule has 0 bridgehead atoms. The van der Waals surface area contributed by atoms with E-state index in [9.17, 15) is 5.11 Å². The topological polar surface area (TPSA) is 32.3 Å². The highest BCUT2D eigenvalue weighted by Gasteiger charge is 2.19. The van der Waals surface area contributed by atoms with Crippen molar-refractivity contribution in [3.8, 4) is 0 Å². The Morgan fingerprint density at radius 3 is 2.71 bits per heavy atom. The van der Waals surface area contributed by atoms with Crippen LogP contribution in [0.2, 0.25) is 10.0 Å². The molecule has 0 aliphatic carbocycles.